The second-order valence-electron chi connectivity index (χ2n) is 7.67. The molecule has 0 aliphatic carbocycles. The van der Waals surface area contributed by atoms with Gasteiger partial charge in [0.25, 0.3) is 0 Å². The molecule has 0 fully saturated rings. The molecular formula is C24H40O3Si. The zero-order chi connectivity index (χ0) is 20.7. The number of unbranched alkanes of at least 4 members (excludes halogenated alkanes) is 6. The van der Waals surface area contributed by atoms with Gasteiger partial charge in [-0.2, -0.15) is 0 Å². The second kappa shape index (κ2) is 14.6. The van der Waals surface area contributed by atoms with Crippen molar-refractivity contribution >= 4 is 19.5 Å². The largest absolute Gasteiger partial charge is 0.463 e. The highest BCUT2D eigenvalue weighted by atomic mass is 28.4. The van der Waals surface area contributed by atoms with E-state index in [-0.39, 0.29) is 5.97 Å². The lowest BCUT2D eigenvalue weighted by molar-refractivity contribution is -0.137. The van der Waals surface area contributed by atoms with Gasteiger partial charge in [0.05, 0.1) is 6.61 Å². The van der Waals surface area contributed by atoms with Crippen molar-refractivity contribution in [3.63, 3.8) is 0 Å². The number of hydrogen-bond donors (Lipinski definition) is 0. The summed E-state index contributed by atoms with van der Waals surface area (Å²) in [5.74, 6) is -0.326. The summed E-state index contributed by atoms with van der Waals surface area (Å²) in [4.78, 5) is 11.0. The van der Waals surface area contributed by atoms with Crippen LogP contribution < -0.4 is 5.19 Å². The van der Waals surface area contributed by atoms with E-state index in [1.165, 1.54) is 55.0 Å². The Hall–Kier alpha value is -1.39. The summed E-state index contributed by atoms with van der Waals surface area (Å²) in [6.07, 6.45) is 11.8. The van der Waals surface area contributed by atoms with Crippen molar-refractivity contribution in [3.05, 3.63) is 42.5 Å². The zero-order valence-electron chi connectivity index (χ0n) is 18.3. The predicted octanol–water partition coefficient (Wildman–Crippen LogP) is 5.92. The number of rotatable bonds is 16. The van der Waals surface area contributed by atoms with Crippen LogP contribution >= 0.6 is 0 Å². The Bertz CT molecular complexity index is 573. The van der Waals surface area contributed by atoms with Crippen LogP contribution in [0.3, 0.4) is 0 Å². The molecule has 1 aromatic carbocycles. The monoisotopic (exact) mass is 404 g/mol. The molecule has 1 atom stereocenters. The van der Waals surface area contributed by atoms with Crippen molar-refractivity contribution in [2.45, 2.75) is 84.2 Å². The highest BCUT2D eigenvalue weighted by Gasteiger charge is 2.32. The van der Waals surface area contributed by atoms with Crippen LogP contribution in [0.2, 0.25) is 12.6 Å². The maximum Gasteiger partial charge on any atom is 0.330 e. The summed E-state index contributed by atoms with van der Waals surface area (Å²) in [5, 5.41) is 1.49. The number of benzene rings is 1. The van der Waals surface area contributed by atoms with E-state index < -0.39 is 8.32 Å². The molecule has 158 valence electrons. The predicted molar refractivity (Wildman–Crippen MR) is 122 cm³/mol. The van der Waals surface area contributed by atoms with Gasteiger partial charge in [-0.1, -0.05) is 76.3 Å². The Balaban J connectivity index is 2.56. The number of aryl methyl sites for hydroxylation is 1. The minimum absolute atomic E-state index is 0.326. The first-order chi connectivity index (χ1) is 13.6. The third-order valence-electron chi connectivity index (χ3n) is 5.31. The van der Waals surface area contributed by atoms with Crippen molar-refractivity contribution in [1.82, 2.24) is 0 Å². The Morgan fingerprint density at radius 1 is 1.04 bits per heavy atom. The molecule has 0 aliphatic rings. The molecule has 0 aliphatic heterocycles. The van der Waals surface area contributed by atoms with E-state index in [0.29, 0.717) is 6.61 Å². The average Bonchev–Trinajstić information content (AvgIpc) is 2.71. The Morgan fingerprint density at radius 3 is 2.46 bits per heavy atom. The highest BCUT2D eigenvalue weighted by Crippen LogP contribution is 2.20. The molecule has 4 heteroatoms. The van der Waals surface area contributed by atoms with E-state index in [9.17, 15) is 4.79 Å². The first kappa shape index (κ1) is 24.6. The highest BCUT2D eigenvalue weighted by molar-refractivity contribution is 6.85. The molecule has 0 spiro atoms. The van der Waals surface area contributed by atoms with Crippen LogP contribution in [-0.2, 0) is 20.4 Å². The van der Waals surface area contributed by atoms with Crippen LogP contribution in [0.1, 0.15) is 70.8 Å². The van der Waals surface area contributed by atoms with Gasteiger partial charge in [-0.3, -0.25) is 0 Å². The molecule has 28 heavy (non-hydrogen) atoms. The standard InChI is InChI=1S/C24H40O3Si/c1-5-8-9-16-21-28(4,27-7-3)23-19-14-13-18-22(23)17-12-10-11-15-20-26-24(25)6-2/h6,13-14,18-19H,2,5,7-12,15-17,20-21H2,1,3-4H3. The molecule has 0 heterocycles. The molecular weight excluding hydrogens is 364 g/mol. The van der Waals surface area contributed by atoms with Gasteiger partial charge in [0, 0.05) is 12.7 Å². The van der Waals surface area contributed by atoms with Gasteiger partial charge >= 0.3 is 5.97 Å². The lowest BCUT2D eigenvalue weighted by Gasteiger charge is -2.30. The minimum atomic E-state index is -1.88. The Labute approximate surface area is 173 Å². The van der Waals surface area contributed by atoms with Crippen LogP contribution in [0.4, 0.5) is 0 Å². The summed E-state index contributed by atoms with van der Waals surface area (Å²) in [6.45, 7) is 11.5. The third-order valence-corrected chi connectivity index (χ3v) is 9.17. The van der Waals surface area contributed by atoms with Crippen LogP contribution in [-0.4, -0.2) is 27.5 Å². The fourth-order valence-electron chi connectivity index (χ4n) is 3.75. The van der Waals surface area contributed by atoms with E-state index in [1.807, 2.05) is 0 Å². The number of carbonyl (C=O) groups is 1. The normalized spacial score (nSPS) is 13.1. The lowest BCUT2D eigenvalue weighted by Crippen LogP contribution is -2.49. The van der Waals surface area contributed by atoms with Crippen molar-refractivity contribution in [2.75, 3.05) is 13.2 Å². The van der Waals surface area contributed by atoms with Gasteiger partial charge in [0.15, 0.2) is 0 Å². The molecule has 0 bridgehead atoms. The van der Waals surface area contributed by atoms with Crippen molar-refractivity contribution in [1.29, 1.82) is 0 Å². The number of hydrogen-bond acceptors (Lipinski definition) is 3. The van der Waals surface area contributed by atoms with Gasteiger partial charge in [0.2, 0.25) is 8.32 Å². The first-order valence-electron chi connectivity index (χ1n) is 11.1. The number of esters is 1. The van der Waals surface area contributed by atoms with Crippen LogP contribution in [0.25, 0.3) is 0 Å². The smallest absolute Gasteiger partial charge is 0.330 e. The average molecular weight is 405 g/mol. The summed E-state index contributed by atoms with van der Waals surface area (Å²) < 4.78 is 11.4. The molecule has 0 saturated heterocycles. The van der Waals surface area contributed by atoms with Crippen LogP contribution in [0.15, 0.2) is 36.9 Å². The molecule has 0 N–H and O–H groups in total. The third kappa shape index (κ3) is 9.20. The molecule has 1 aromatic rings. The van der Waals surface area contributed by atoms with Crippen LogP contribution in [0, 0.1) is 0 Å². The van der Waals surface area contributed by atoms with Gasteiger partial charge < -0.3 is 9.16 Å². The topological polar surface area (TPSA) is 35.5 Å². The second-order valence-corrected chi connectivity index (χ2v) is 11.5. The van der Waals surface area contributed by atoms with E-state index >= 15 is 0 Å². The fourth-order valence-corrected chi connectivity index (χ4v) is 7.22. The summed E-state index contributed by atoms with van der Waals surface area (Å²) in [5.41, 5.74) is 1.47. The molecule has 0 aromatic heterocycles. The van der Waals surface area contributed by atoms with E-state index in [4.69, 9.17) is 9.16 Å². The molecule has 0 saturated carbocycles. The maximum atomic E-state index is 11.0. The minimum Gasteiger partial charge on any atom is -0.463 e. The van der Waals surface area contributed by atoms with Gasteiger partial charge in [-0.25, -0.2) is 4.79 Å². The SMILES string of the molecule is C=CC(=O)OCCCCCCc1ccccc1[Si](C)(CCCCCC)OCC. The molecule has 1 rings (SSSR count). The van der Waals surface area contributed by atoms with Crippen LogP contribution in [0.5, 0.6) is 0 Å². The quantitative estimate of drug-likeness (QED) is 0.148. The van der Waals surface area contributed by atoms with Gasteiger partial charge in [0.1, 0.15) is 0 Å². The molecule has 0 radical (unpaired) electrons. The Morgan fingerprint density at radius 2 is 1.75 bits per heavy atom. The lowest BCUT2D eigenvalue weighted by atomic mass is 10.1. The van der Waals surface area contributed by atoms with Gasteiger partial charge in [-0.15, -0.1) is 0 Å². The van der Waals surface area contributed by atoms with Crippen molar-refractivity contribution < 1.29 is 14.0 Å². The fraction of sp³-hybridized carbons (Fsp3) is 0.625. The maximum absolute atomic E-state index is 11.0. The number of ether oxygens (including phenoxy) is 1. The van der Waals surface area contributed by atoms with Crippen molar-refractivity contribution in [3.8, 4) is 0 Å². The van der Waals surface area contributed by atoms with E-state index in [2.05, 4.69) is 51.2 Å². The summed E-state index contributed by atoms with van der Waals surface area (Å²) >= 11 is 0. The molecule has 3 nitrogen and oxygen atoms in total. The zero-order valence-corrected chi connectivity index (χ0v) is 19.3. The van der Waals surface area contributed by atoms with E-state index in [1.54, 1.807) is 0 Å². The Kier molecular flexibility index (Phi) is 12.8. The summed E-state index contributed by atoms with van der Waals surface area (Å²) in [6, 6.07) is 10.1. The number of carbonyl (C=O) groups excluding carboxylic acids is 1. The first-order valence-corrected chi connectivity index (χ1v) is 13.7. The molecule has 0 amide bonds. The van der Waals surface area contributed by atoms with E-state index in [0.717, 1.165) is 32.3 Å². The summed E-state index contributed by atoms with van der Waals surface area (Å²) in [7, 11) is -1.88. The molecule has 1 unspecified atom stereocenters. The van der Waals surface area contributed by atoms with Gasteiger partial charge in [-0.05, 0) is 49.5 Å². The van der Waals surface area contributed by atoms with Crippen molar-refractivity contribution in [2.24, 2.45) is 0 Å².